The van der Waals surface area contributed by atoms with Crippen LogP contribution in [0.2, 0.25) is 5.02 Å². The maximum atomic E-state index is 6.08. The molecule has 20 heavy (non-hydrogen) atoms. The number of nitrogens with zero attached hydrogens (tertiary/aromatic N) is 1. The first-order valence-electron chi connectivity index (χ1n) is 7.04. The topological polar surface area (TPSA) is 59.6 Å². The zero-order valence-electron chi connectivity index (χ0n) is 12.4. The van der Waals surface area contributed by atoms with Gasteiger partial charge in [-0.25, -0.2) is 4.99 Å². The van der Waals surface area contributed by atoms with Gasteiger partial charge in [-0.05, 0) is 31.9 Å². The molecular weight excluding hydrogens is 274 g/mol. The third-order valence-corrected chi connectivity index (χ3v) is 3.37. The Morgan fingerprint density at radius 1 is 1.35 bits per heavy atom. The van der Waals surface area contributed by atoms with Crippen LogP contribution in [0, 0.1) is 0 Å². The summed E-state index contributed by atoms with van der Waals surface area (Å²) in [5.74, 6) is 1.14. The van der Waals surface area contributed by atoms with Crippen molar-refractivity contribution in [2.45, 2.75) is 45.8 Å². The molecule has 0 aliphatic carbocycles. The van der Waals surface area contributed by atoms with Crippen LogP contribution in [0.3, 0.4) is 0 Å². The third-order valence-electron chi connectivity index (χ3n) is 3.06. The van der Waals surface area contributed by atoms with Crippen molar-refractivity contribution >= 4 is 17.6 Å². The summed E-state index contributed by atoms with van der Waals surface area (Å²) >= 11 is 6.08. The molecule has 0 fully saturated rings. The highest BCUT2D eigenvalue weighted by molar-refractivity contribution is 6.32. The molecule has 1 aromatic carbocycles. The largest absolute Gasteiger partial charge is 0.487 e. The molecule has 2 unspecified atom stereocenters. The fourth-order valence-electron chi connectivity index (χ4n) is 1.57. The van der Waals surface area contributed by atoms with Crippen molar-refractivity contribution in [1.82, 2.24) is 5.32 Å². The van der Waals surface area contributed by atoms with Crippen molar-refractivity contribution in [2.24, 2.45) is 10.7 Å². The Morgan fingerprint density at radius 2 is 2.05 bits per heavy atom. The first kappa shape index (κ1) is 16.6. The first-order valence-corrected chi connectivity index (χ1v) is 7.42. The lowest BCUT2D eigenvalue weighted by Crippen LogP contribution is -2.38. The number of halogens is 1. The molecule has 2 atom stereocenters. The zero-order chi connectivity index (χ0) is 15.0. The van der Waals surface area contributed by atoms with E-state index in [4.69, 9.17) is 22.1 Å². The van der Waals surface area contributed by atoms with E-state index in [9.17, 15) is 0 Å². The van der Waals surface area contributed by atoms with E-state index in [1.165, 1.54) is 0 Å². The van der Waals surface area contributed by atoms with Gasteiger partial charge < -0.3 is 15.8 Å². The average Bonchev–Trinajstić information content (AvgIpc) is 2.45. The standard InChI is InChI=1S/C15H24ClN3O/c1-4-11(3)19-15(17)18-10-12(5-2)20-14-9-7-6-8-13(14)16/h6-9,11-12H,4-5,10H2,1-3H3,(H3,17,18,19). The van der Waals surface area contributed by atoms with E-state index in [-0.39, 0.29) is 6.10 Å². The molecule has 5 heteroatoms. The van der Waals surface area contributed by atoms with E-state index in [1.54, 1.807) is 0 Å². The van der Waals surface area contributed by atoms with Crippen molar-refractivity contribution in [2.75, 3.05) is 6.54 Å². The molecule has 0 heterocycles. The van der Waals surface area contributed by atoms with Crippen LogP contribution in [0.5, 0.6) is 5.75 Å². The Morgan fingerprint density at radius 3 is 2.65 bits per heavy atom. The van der Waals surface area contributed by atoms with Gasteiger partial charge in [0.25, 0.3) is 0 Å². The van der Waals surface area contributed by atoms with Crippen LogP contribution in [0.1, 0.15) is 33.6 Å². The molecule has 3 N–H and O–H groups in total. The van der Waals surface area contributed by atoms with Crippen molar-refractivity contribution in [3.05, 3.63) is 29.3 Å². The molecule has 0 saturated carbocycles. The average molecular weight is 298 g/mol. The van der Waals surface area contributed by atoms with Crippen molar-refractivity contribution in [3.63, 3.8) is 0 Å². The maximum Gasteiger partial charge on any atom is 0.188 e. The lowest BCUT2D eigenvalue weighted by molar-refractivity contribution is 0.206. The highest BCUT2D eigenvalue weighted by Crippen LogP contribution is 2.24. The second-order valence-electron chi connectivity index (χ2n) is 4.76. The molecule has 0 aliphatic rings. The Labute approximate surface area is 126 Å². The Bertz CT molecular complexity index is 437. The van der Waals surface area contributed by atoms with Gasteiger partial charge in [-0.1, -0.05) is 37.6 Å². The monoisotopic (exact) mass is 297 g/mol. The van der Waals surface area contributed by atoms with Gasteiger partial charge in [-0.3, -0.25) is 0 Å². The molecule has 0 saturated heterocycles. The fourth-order valence-corrected chi connectivity index (χ4v) is 1.75. The molecule has 0 bridgehead atoms. The molecule has 0 aliphatic heterocycles. The van der Waals surface area contributed by atoms with Crippen LogP contribution in [-0.4, -0.2) is 24.7 Å². The first-order chi connectivity index (χ1) is 9.56. The summed E-state index contributed by atoms with van der Waals surface area (Å²) in [6.07, 6.45) is 1.81. The molecule has 0 radical (unpaired) electrons. The summed E-state index contributed by atoms with van der Waals surface area (Å²) in [5.41, 5.74) is 5.83. The molecular formula is C15H24ClN3O. The summed E-state index contributed by atoms with van der Waals surface area (Å²) in [5, 5.41) is 3.74. The predicted molar refractivity (Wildman–Crippen MR) is 85.5 cm³/mol. The van der Waals surface area contributed by atoms with E-state index in [0.29, 0.717) is 29.3 Å². The van der Waals surface area contributed by atoms with Crippen LogP contribution in [0.4, 0.5) is 0 Å². The molecule has 0 amide bonds. The van der Waals surface area contributed by atoms with Gasteiger partial charge in [0.2, 0.25) is 0 Å². The van der Waals surface area contributed by atoms with E-state index in [1.807, 2.05) is 24.3 Å². The molecule has 0 spiro atoms. The number of rotatable bonds is 7. The summed E-state index contributed by atoms with van der Waals surface area (Å²) in [4.78, 5) is 4.32. The highest BCUT2D eigenvalue weighted by atomic mass is 35.5. The van der Waals surface area contributed by atoms with Gasteiger partial charge in [-0.15, -0.1) is 0 Å². The second kappa shape index (κ2) is 8.69. The molecule has 0 aromatic heterocycles. The Kier molecular flexibility index (Phi) is 7.23. The smallest absolute Gasteiger partial charge is 0.188 e. The van der Waals surface area contributed by atoms with Crippen molar-refractivity contribution in [1.29, 1.82) is 0 Å². The quantitative estimate of drug-likeness (QED) is 0.600. The fraction of sp³-hybridized carbons (Fsp3) is 0.533. The number of hydrogen-bond acceptors (Lipinski definition) is 2. The van der Waals surface area contributed by atoms with Gasteiger partial charge in [0.15, 0.2) is 5.96 Å². The van der Waals surface area contributed by atoms with Gasteiger partial charge in [0.1, 0.15) is 11.9 Å². The normalized spacial score (nSPS) is 14.7. The summed E-state index contributed by atoms with van der Waals surface area (Å²) in [7, 11) is 0. The number of benzene rings is 1. The summed E-state index contributed by atoms with van der Waals surface area (Å²) in [6, 6.07) is 7.77. The maximum absolute atomic E-state index is 6.08. The Hall–Kier alpha value is -1.42. The van der Waals surface area contributed by atoms with Crippen LogP contribution in [0.15, 0.2) is 29.3 Å². The number of ether oxygens (including phenoxy) is 1. The van der Waals surface area contributed by atoms with Crippen LogP contribution < -0.4 is 15.8 Å². The van der Waals surface area contributed by atoms with Gasteiger partial charge >= 0.3 is 0 Å². The summed E-state index contributed by atoms with van der Waals surface area (Å²) < 4.78 is 5.85. The molecule has 1 rings (SSSR count). The van der Waals surface area contributed by atoms with Gasteiger partial charge in [-0.2, -0.15) is 0 Å². The van der Waals surface area contributed by atoms with Gasteiger partial charge in [0, 0.05) is 6.04 Å². The number of nitrogens with two attached hydrogens (primary N) is 1. The number of guanidine groups is 1. The second-order valence-corrected chi connectivity index (χ2v) is 5.17. The van der Waals surface area contributed by atoms with E-state index in [2.05, 4.69) is 31.1 Å². The molecule has 1 aromatic rings. The van der Waals surface area contributed by atoms with Gasteiger partial charge in [0.05, 0.1) is 11.6 Å². The van der Waals surface area contributed by atoms with Crippen LogP contribution >= 0.6 is 11.6 Å². The zero-order valence-corrected chi connectivity index (χ0v) is 13.2. The number of aliphatic imine (C=N–C) groups is 1. The summed E-state index contributed by atoms with van der Waals surface area (Å²) in [6.45, 7) is 6.73. The number of hydrogen-bond donors (Lipinski definition) is 2. The van der Waals surface area contributed by atoms with E-state index < -0.39 is 0 Å². The van der Waals surface area contributed by atoms with Crippen LogP contribution in [0.25, 0.3) is 0 Å². The molecule has 112 valence electrons. The SMILES string of the molecule is CCC(C)NC(N)=NCC(CC)Oc1ccccc1Cl. The van der Waals surface area contributed by atoms with Crippen molar-refractivity contribution in [3.8, 4) is 5.75 Å². The molecule has 4 nitrogen and oxygen atoms in total. The minimum Gasteiger partial charge on any atom is -0.487 e. The third kappa shape index (κ3) is 5.70. The minimum absolute atomic E-state index is 0.0350. The highest BCUT2D eigenvalue weighted by Gasteiger charge is 2.10. The minimum atomic E-state index is -0.0350. The van der Waals surface area contributed by atoms with Crippen molar-refractivity contribution < 1.29 is 4.74 Å². The lowest BCUT2D eigenvalue weighted by Gasteiger charge is -2.17. The number of para-hydroxylation sites is 1. The number of nitrogens with one attached hydrogen (secondary N) is 1. The van der Waals surface area contributed by atoms with E-state index in [0.717, 1.165) is 12.8 Å². The van der Waals surface area contributed by atoms with E-state index >= 15 is 0 Å². The lowest BCUT2D eigenvalue weighted by atomic mass is 10.2. The predicted octanol–water partition coefficient (Wildman–Crippen LogP) is 3.20. The van der Waals surface area contributed by atoms with Crippen LogP contribution in [-0.2, 0) is 0 Å². The Balaban J connectivity index is 2.55.